The SMILES string of the molecule is Cc1cnc(N)nc1NCCCc1ccccc1. The highest BCUT2D eigenvalue weighted by Crippen LogP contribution is 2.11. The van der Waals surface area contributed by atoms with Crippen LogP contribution in [0.25, 0.3) is 0 Å². The summed E-state index contributed by atoms with van der Waals surface area (Å²) >= 11 is 0. The maximum Gasteiger partial charge on any atom is 0.221 e. The van der Waals surface area contributed by atoms with Crippen LogP contribution in [0.5, 0.6) is 0 Å². The molecule has 2 aromatic rings. The number of nitrogen functional groups attached to an aromatic ring is 1. The second-order valence-electron chi connectivity index (χ2n) is 4.28. The highest BCUT2D eigenvalue weighted by Gasteiger charge is 2.00. The van der Waals surface area contributed by atoms with Crippen molar-refractivity contribution in [3.63, 3.8) is 0 Å². The second-order valence-corrected chi connectivity index (χ2v) is 4.28. The topological polar surface area (TPSA) is 63.8 Å². The molecule has 0 amide bonds. The van der Waals surface area contributed by atoms with Crippen molar-refractivity contribution in [3.8, 4) is 0 Å². The Kier molecular flexibility index (Phi) is 4.12. The molecule has 0 aliphatic carbocycles. The maximum absolute atomic E-state index is 5.56. The Morgan fingerprint density at radius 3 is 2.78 bits per heavy atom. The molecule has 0 radical (unpaired) electrons. The first-order valence-corrected chi connectivity index (χ1v) is 6.12. The number of benzene rings is 1. The highest BCUT2D eigenvalue weighted by molar-refractivity contribution is 5.44. The van der Waals surface area contributed by atoms with Gasteiger partial charge in [-0.25, -0.2) is 4.98 Å². The van der Waals surface area contributed by atoms with Crippen LogP contribution in [0.1, 0.15) is 17.5 Å². The number of nitrogens with zero attached hydrogens (tertiary/aromatic N) is 2. The standard InChI is InChI=1S/C14H18N4/c1-11-10-17-14(15)18-13(11)16-9-5-8-12-6-3-2-4-7-12/h2-4,6-7,10H,5,8-9H2,1H3,(H3,15,16,17,18). The Hall–Kier alpha value is -2.10. The molecule has 0 atom stereocenters. The summed E-state index contributed by atoms with van der Waals surface area (Å²) in [6, 6.07) is 10.5. The molecule has 1 aromatic heterocycles. The smallest absolute Gasteiger partial charge is 0.221 e. The Balaban J connectivity index is 1.80. The molecule has 0 fully saturated rings. The summed E-state index contributed by atoms with van der Waals surface area (Å²) in [6.07, 6.45) is 3.86. The molecular weight excluding hydrogens is 224 g/mol. The van der Waals surface area contributed by atoms with Gasteiger partial charge in [-0.1, -0.05) is 30.3 Å². The van der Waals surface area contributed by atoms with E-state index in [0.717, 1.165) is 30.8 Å². The predicted octanol–water partition coefficient (Wildman–Crippen LogP) is 2.41. The third-order valence-electron chi connectivity index (χ3n) is 2.77. The van der Waals surface area contributed by atoms with Crippen LogP contribution < -0.4 is 11.1 Å². The molecule has 4 nitrogen and oxygen atoms in total. The van der Waals surface area contributed by atoms with Gasteiger partial charge in [-0.2, -0.15) is 4.98 Å². The summed E-state index contributed by atoms with van der Waals surface area (Å²) in [5.74, 6) is 1.14. The van der Waals surface area contributed by atoms with Crippen molar-refractivity contribution in [1.29, 1.82) is 0 Å². The first kappa shape index (κ1) is 12.4. The molecule has 1 heterocycles. The number of nitrogens with one attached hydrogen (secondary N) is 1. The average Bonchev–Trinajstić information content (AvgIpc) is 2.40. The monoisotopic (exact) mass is 242 g/mol. The van der Waals surface area contributed by atoms with Crippen LogP contribution in [-0.2, 0) is 6.42 Å². The van der Waals surface area contributed by atoms with E-state index in [9.17, 15) is 0 Å². The predicted molar refractivity (Wildman–Crippen MR) is 74.4 cm³/mol. The second kappa shape index (κ2) is 6.00. The summed E-state index contributed by atoms with van der Waals surface area (Å²) in [6.45, 7) is 2.85. The van der Waals surface area contributed by atoms with Crippen LogP contribution >= 0.6 is 0 Å². The van der Waals surface area contributed by atoms with E-state index in [1.807, 2.05) is 13.0 Å². The van der Waals surface area contributed by atoms with E-state index in [2.05, 4.69) is 39.6 Å². The van der Waals surface area contributed by atoms with Gasteiger partial charge in [0, 0.05) is 18.3 Å². The maximum atomic E-state index is 5.56. The van der Waals surface area contributed by atoms with Gasteiger partial charge < -0.3 is 11.1 Å². The van der Waals surface area contributed by atoms with Crippen molar-refractivity contribution in [2.45, 2.75) is 19.8 Å². The number of aryl methyl sites for hydroxylation is 2. The fourth-order valence-electron chi connectivity index (χ4n) is 1.78. The fourth-order valence-corrected chi connectivity index (χ4v) is 1.78. The molecule has 1 aromatic carbocycles. The van der Waals surface area contributed by atoms with Gasteiger partial charge in [0.05, 0.1) is 0 Å². The number of hydrogen-bond donors (Lipinski definition) is 2. The molecule has 3 N–H and O–H groups in total. The first-order valence-electron chi connectivity index (χ1n) is 6.12. The number of hydrogen-bond acceptors (Lipinski definition) is 4. The summed E-state index contributed by atoms with van der Waals surface area (Å²) < 4.78 is 0. The number of rotatable bonds is 5. The van der Waals surface area contributed by atoms with E-state index in [1.54, 1.807) is 6.20 Å². The molecule has 0 saturated carbocycles. The Morgan fingerprint density at radius 2 is 2.00 bits per heavy atom. The summed E-state index contributed by atoms with van der Waals surface area (Å²) in [4.78, 5) is 8.11. The highest BCUT2D eigenvalue weighted by atomic mass is 15.1. The normalized spacial score (nSPS) is 10.3. The Morgan fingerprint density at radius 1 is 1.22 bits per heavy atom. The zero-order valence-corrected chi connectivity index (χ0v) is 10.6. The lowest BCUT2D eigenvalue weighted by atomic mass is 10.1. The molecule has 0 aliphatic rings. The van der Waals surface area contributed by atoms with E-state index < -0.39 is 0 Å². The summed E-state index contributed by atoms with van der Waals surface area (Å²) in [7, 11) is 0. The lowest BCUT2D eigenvalue weighted by Gasteiger charge is -2.08. The fraction of sp³-hybridized carbons (Fsp3) is 0.286. The van der Waals surface area contributed by atoms with Crippen molar-refractivity contribution < 1.29 is 0 Å². The zero-order valence-electron chi connectivity index (χ0n) is 10.6. The van der Waals surface area contributed by atoms with Crippen LogP contribution in [0, 0.1) is 6.92 Å². The first-order chi connectivity index (χ1) is 8.75. The van der Waals surface area contributed by atoms with Gasteiger partial charge in [0.1, 0.15) is 5.82 Å². The van der Waals surface area contributed by atoms with Gasteiger partial charge in [0.15, 0.2) is 0 Å². The Bertz CT molecular complexity index is 496. The van der Waals surface area contributed by atoms with Crippen LogP contribution in [0.2, 0.25) is 0 Å². The lowest BCUT2D eigenvalue weighted by molar-refractivity contribution is 0.857. The molecule has 0 saturated heterocycles. The molecule has 0 aliphatic heterocycles. The largest absolute Gasteiger partial charge is 0.370 e. The molecule has 18 heavy (non-hydrogen) atoms. The van der Waals surface area contributed by atoms with Crippen molar-refractivity contribution >= 4 is 11.8 Å². The molecule has 2 rings (SSSR count). The minimum absolute atomic E-state index is 0.311. The minimum Gasteiger partial charge on any atom is -0.370 e. The summed E-state index contributed by atoms with van der Waals surface area (Å²) in [5, 5.41) is 3.29. The molecule has 0 bridgehead atoms. The molecule has 0 unspecified atom stereocenters. The van der Waals surface area contributed by atoms with Crippen molar-refractivity contribution in [3.05, 3.63) is 47.7 Å². The van der Waals surface area contributed by atoms with Crippen molar-refractivity contribution in [2.75, 3.05) is 17.6 Å². The van der Waals surface area contributed by atoms with Crippen molar-refractivity contribution in [2.24, 2.45) is 0 Å². The van der Waals surface area contributed by atoms with Gasteiger partial charge in [-0.05, 0) is 25.3 Å². The third kappa shape index (κ3) is 3.45. The molecule has 94 valence electrons. The quantitative estimate of drug-likeness (QED) is 0.790. The summed E-state index contributed by atoms with van der Waals surface area (Å²) in [5.41, 5.74) is 7.94. The van der Waals surface area contributed by atoms with Crippen molar-refractivity contribution in [1.82, 2.24) is 9.97 Å². The van der Waals surface area contributed by atoms with E-state index in [-0.39, 0.29) is 0 Å². The van der Waals surface area contributed by atoms with Crippen LogP contribution in [0.4, 0.5) is 11.8 Å². The number of nitrogens with two attached hydrogens (primary N) is 1. The van der Waals surface area contributed by atoms with Crippen LogP contribution in [-0.4, -0.2) is 16.5 Å². The molecular formula is C14H18N4. The van der Waals surface area contributed by atoms with Gasteiger partial charge >= 0.3 is 0 Å². The van der Waals surface area contributed by atoms with Gasteiger partial charge in [-0.15, -0.1) is 0 Å². The van der Waals surface area contributed by atoms with Gasteiger partial charge in [0.2, 0.25) is 5.95 Å². The van der Waals surface area contributed by atoms with E-state index in [0.29, 0.717) is 5.95 Å². The number of anilines is 2. The van der Waals surface area contributed by atoms with E-state index in [1.165, 1.54) is 5.56 Å². The molecule has 4 heteroatoms. The van der Waals surface area contributed by atoms with Gasteiger partial charge in [-0.3, -0.25) is 0 Å². The minimum atomic E-state index is 0.311. The average molecular weight is 242 g/mol. The van der Waals surface area contributed by atoms with Crippen LogP contribution in [0.3, 0.4) is 0 Å². The third-order valence-corrected chi connectivity index (χ3v) is 2.77. The van der Waals surface area contributed by atoms with E-state index >= 15 is 0 Å². The van der Waals surface area contributed by atoms with Gasteiger partial charge in [0.25, 0.3) is 0 Å². The lowest BCUT2D eigenvalue weighted by Crippen LogP contribution is -2.08. The van der Waals surface area contributed by atoms with Crippen LogP contribution in [0.15, 0.2) is 36.5 Å². The Labute approximate surface area is 107 Å². The molecule has 0 spiro atoms. The number of aromatic nitrogens is 2. The zero-order chi connectivity index (χ0) is 12.8. The van der Waals surface area contributed by atoms with E-state index in [4.69, 9.17) is 5.73 Å².